The summed E-state index contributed by atoms with van der Waals surface area (Å²) in [6.45, 7) is 2.17. The fraction of sp³-hybridized carbons (Fsp3) is 0.0182. The van der Waals surface area contributed by atoms with Crippen LogP contribution in [0.1, 0.15) is 5.56 Å². The number of furan rings is 1. The fourth-order valence-electron chi connectivity index (χ4n) is 9.99. The Morgan fingerprint density at radius 3 is 1.66 bits per heavy atom. The second-order valence-corrected chi connectivity index (χ2v) is 19.5. The van der Waals surface area contributed by atoms with Crippen molar-refractivity contribution in [3.63, 3.8) is 0 Å². The molecule has 3 heterocycles. The highest BCUT2D eigenvalue weighted by Gasteiger charge is 2.41. The van der Waals surface area contributed by atoms with E-state index in [1.54, 1.807) is 0 Å². The molecular formula is C55H38N2OSi. The molecule has 0 N–H and O–H groups in total. The molecular weight excluding hydrogens is 733 g/mol. The summed E-state index contributed by atoms with van der Waals surface area (Å²) in [5, 5.41) is 12.5. The summed E-state index contributed by atoms with van der Waals surface area (Å²) in [6, 6.07) is 78.5. The van der Waals surface area contributed by atoms with Crippen LogP contribution in [-0.2, 0) is 0 Å². The number of fused-ring (bicyclic) bond motifs is 10. The van der Waals surface area contributed by atoms with Gasteiger partial charge in [0.2, 0.25) is 0 Å². The zero-order chi connectivity index (χ0) is 39.1. The van der Waals surface area contributed by atoms with Crippen LogP contribution in [0.15, 0.2) is 217 Å². The van der Waals surface area contributed by atoms with Gasteiger partial charge in [0, 0.05) is 38.3 Å². The third-order valence-corrected chi connectivity index (χ3v) is 17.3. The average Bonchev–Trinajstić information content (AvgIpc) is 3.95. The van der Waals surface area contributed by atoms with E-state index in [9.17, 15) is 0 Å². The lowest BCUT2D eigenvalue weighted by molar-refractivity contribution is 0.673. The second-order valence-electron chi connectivity index (χ2n) is 15.7. The van der Waals surface area contributed by atoms with Gasteiger partial charge in [-0.25, -0.2) is 0 Å². The first-order valence-electron chi connectivity index (χ1n) is 20.3. The highest BCUT2D eigenvalue weighted by atomic mass is 28.3. The van der Waals surface area contributed by atoms with Crippen LogP contribution in [0.4, 0.5) is 0 Å². The molecule has 0 spiro atoms. The van der Waals surface area contributed by atoms with Crippen LogP contribution in [0.25, 0.3) is 76.9 Å². The number of hydrogen-bond acceptors (Lipinski definition) is 1. The minimum absolute atomic E-state index is 0.912. The lowest BCUT2D eigenvalue weighted by atomic mass is 10.1. The Morgan fingerprint density at radius 1 is 0.356 bits per heavy atom. The molecule has 0 bridgehead atoms. The van der Waals surface area contributed by atoms with Gasteiger partial charge in [0.15, 0.2) is 8.07 Å². The number of benzene rings is 9. The van der Waals surface area contributed by atoms with Gasteiger partial charge in [-0.2, -0.15) is 0 Å². The van der Waals surface area contributed by atoms with Crippen LogP contribution in [0.5, 0.6) is 0 Å². The Labute approximate surface area is 342 Å². The van der Waals surface area contributed by atoms with Gasteiger partial charge in [-0.1, -0.05) is 151 Å². The van der Waals surface area contributed by atoms with Crippen molar-refractivity contribution in [3.8, 4) is 11.4 Å². The third kappa shape index (κ3) is 4.94. The van der Waals surface area contributed by atoms with Crippen LogP contribution < -0.4 is 20.7 Å². The summed E-state index contributed by atoms with van der Waals surface area (Å²) in [5.74, 6) is 0. The SMILES string of the molecule is Cc1ccc2c(c1)c1ccccc1n2-c1ccc([Si](c2ccccc2)(c2ccccc2)c2cccc(-n3c4ccccc4c4c5oc6ccccc6c5ccc43)c2)cc1. The molecule has 0 aliphatic heterocycles. The Hall–Kier alpha value is -7.40. The van der Waals surface area contributed by atoms with Crippen molar-refractivity contribution in [2.24, 2.45) is 0 Å². The summed E-state index contributed by atoms with van der Waals surface area (Å²) in [4.78, 5) is 0. The van der Waals surface area contributed by atoms with Gasteiger partial charge in [0.1, 0.15) is 11.2 Å². The number of aromatic nitrogens is 2. The van der Waals surface area contributed by atoms with Crippen molar-refractivity contribution in [1.82, 2.24) is 9.13 Å². The van der Waals surface area contributed by atoms with E-state index >= 15 is 0 Å². The summed E-state index contributed by atoms with van der Waals surface area (Å²) < 4.78 is 11.5. The molecule has 0 saturated carbocycles. The van der Waals surface area contributed by atoms with Crippen LogP contribution in [0.3, 0.4) is 0 Å². The second kappa shape index (κ2) is 13.1. The van der Waals surface area contributed by atoms with Crippen molar-refractivity contribution in [2.45, 2.75) is 6.92 Å². The molecule has 0 radical (unpaired) electrons. The predicted molar refractivity (Wildman–Crippen MR) is 251 cm³/mol. The number of hydrogen-bond donors (Lipinski definition) is 0. The topological polar surface area (TPSA) is 23.0 Å². The number of nitrogens with zero attached hydrogens (tertiary/aromatic N) is 2. The van der Waals surface area contributed by atoms with Gasteiger partial charge in [-0.3, -0.25) is 0 Å². The maximum Gasteiger partial charge on any atom is 0.179 e. The van der Waals surface area contributed by atoms with Crippen LogP contribution >= 0.6 is 0 Å². The quantitative estimate of drug-likeness (QED) is 0.122. The van der Waals surface area contributed by atoms with E-state index < -0.39 is 8.07 Å². The Balaban J connectivity index is 1.11. The smallest absolute Gasteiger partial charge is 0.179 e. The monoisotopic (exact) mass is 770 g/mol. The molecule has 0 aliphatic carbocycles. The average molecular weight is 771 g/mol. The van der Waals surface area contributed by atoms with Gasteiger partial charge < -0.3 is 13.6 Å². The highest BCUT2D eigenvalue weighted by molar-refractivity contribution is 7.19. The van der Waals surface area contributed by atoms with Crippen molar-refractivity contribution >= 4 is 94.4 Å². The molecule has 12 aromatic rings. The van der Waals surface area contributed by atoms with E-state index in [0.29, 0.717) is 0 Å². The van der Waals surface area contributed by atoms with E-state index in [0.717, 1.165) is 49.7 Å². The van der Waals surface area contributed by atoms with E-state index in [4.69, 9.17) is 4.42 Å². The molecule has 0 unspecified atom stereocenters. The Bertz CT molecular complexity index is 3520. The summed E-state index contributed by atoms with van der Waals surface area (Å²) in [5.41, 5.74) is 10.1. The summed E-state index contributed by atoms with van der Waals surface area (Å²) in [6.07, 6.45) is 0. The first-order valence-corrected chi connectivity index (χ1v) is 22.3. The Kier molecular flexibility index (Phi) is 7.47. The summed E-state index contributed by atoms with van der Waals surface area (Å²) >= 11 is 0. The molecule has 278 valence electrons. The van der Waals surface area contributed by atoms with Crippen LogP contribution in [0, 0.1) is 6.92 Å². The molecule has 4 heteroatoms. The zero-order valence-electron chi connectivity index (χ0n) is 32.5. The Morgan fingerprint density at radius 2 is 0.915 bits per heavy atom. The minimum Gasteiger partial charge on any atom is -0.455 e. The van der Waals surface area contributed by atoms with E-state index in [1.165, 1.54) is 53.5 Å². The predicted octanol–water partition coefficient (Wildman–Crippen LogP) is 11.5. The number of aryl methyl sites for hydroxylation is 1. The molecule has 0 amide bonds. The van der Waals surface area contributed by atoms with Crippen LogP contribution in [-0.4, -0.2) is 17.2 Å². The maximum absolute atomic E-state index is 6.66. The van der Waals surface area contributed by atoms with E-state index in [1.807, 2.05) is 6.07 Å². The molecule has 0 saturated heterocycles. The highest BCUT2D eigenvalue weighted by Crippen LogP contribution is 2.40. The lowest BCUT2D eigenvalue weighted by Crippen LogP contribution is -2.74. The third-order valence-electron chi connectivity index (χ3n) is 12.5. The molecule has 3 aromatic heterocycles. The van der Waals surface area contributed by atoms with E-state index in [-0.39, 0.29) is 0 Å². The van der Waals surface area contributed by atoms with E-state index in [2.05, 4.69) is 222 Å². The number of para-hydroxylation sites is 3. The molecule has 0 aliphatic rings. The van der Waals surface area contributed by atoms with Crippen molar-refractivity contribution < 1.29 is 4.42 Å². The normalized spacial score (nSPS) is 12.2. The maximum atomic E-state index is 6.66. The lowest BCUT2D eigenvalue weighted by Gasteiger charge is -2.35. The molecule has 0 atom stereocenters. The fourth-order valence-corrected chi connectivity index (χ4v) is 14.8. The summed E-state index contributed by atoms with van der Waals surface area (Å²) in [7, 11) is -2.91. The molecule has 0 fully saturated rings. The molecule has 59 heavy (non-hydrogen) atoms. The first-order chi connectivity index (χ1) is 29.2. The molecule has 12 rings (SSSR count). The zero-order valence-corrected chi connectivity index (χ0v) is 33.5. The van der Waals surface area contributed by atoms with Gasteiger partial charge in [-0.15, -0.1) is 0 Å². The van der Waals surface area contributed by atoms with Crippen molar-refractivity contribution in [1.29, 1.82) is 0 Å². The van der Waals surface area contributed by atoms with Crippen molar-refractivity contribution in [3.05, 3.63) is 218 Å². The standard InChI is InChI=1S/C55H38N2OSi/c1-37-27-33-51-48(35-37)44-21-8-11-24-49(44)56(51)38-28-30-42(31-29-38)59(40-16-4-2-5-17-40,41-18-6-3-7-19-41)43-20-14-15-39(36-43)57-50-25-12-9-23-47(50)54-52(57)34-32-46-45-22-10-13-26-53(45)58-55(46)54/h2-36H,1H3. The van der Waals surface area contributed by atoms with Gasteiger partial charge in [0.25, 0.3) is 0 Å². The first kappa shape index (κ1) is 33.7. The van der Waals surface area contributed by atoms with Gasteiger partial charge in [-0.05, 0) is 94.4 Å². The van der Waals surface area contributed by atoms with Gasteiger partial charge in [0.05, 0.1) is 27.5 Å². The van der Waals surface area contributed by atoms with Gasteiger partial charge >= 0.3 is 0 Å². The largest absolute Gasteiger partial charge is 0.455 e. The molecule has 9 aromatic carbocycles. The molecule has 3 nitrogen and oxygen atoms in total. The van der Waals surface area contributed by atoms with Crippen LogP contribution in [0.2, 0.25) is 0 Å². The van der Waals surface area contributed by atoms with Crippen molar-refractivity contribution in [2.75, 3.05) is 0 Å². The minimum atomic E-state index is -2.91. The number of rotatable bonds is 6.